The van der Waals surface area contributed by atoms with E-state index < -0.39 is 26.6 Å². The number of rotatable bonds is 3. The number of halogens is 2. The van der Waals surface area contributed by atoms with Crippen molar-refractivity contribution in [1.82, 2.24) is 9.21 Å². The highest BCUT2D eigenvalue weighted by atomic mass is 32.2. The molecule has 7 heteroatoms. The van der Waals surface area contributed by atoms with E-state index in [9.17, 15) is 17.2 Å². The van der Waals surface area contributed by atoms with Crippen molar-refractivity contribution in [3.63, 3.8) is 0 Å². The van der Waals surface area contributed by atoms with Gasteiger partial charge in [-0.3, -0.25) is 0 Å². The van der Waals surface area contributed by atoms with Crippen LogP contribution in [0.1, 0.15) is 32.6 Å². The van der Waals surface area contributed by atoms with E-state index in [1.165, 1.54) is 17.1 Å². The van der Waals surface area contributed by atoms with Crippen LogP contribution in [0.15, 0.2) is 23.1 Å². The minimum atomic E-state index is -3.90. The number of hydrogen-bond acceptors (Lipinski definition) is 3. The molecule has 0 aliphatic carbocycles. The Morgan fingerprint density at radius 1 is 1.00 bits per heavy atom. The predicted molar refractivity (Wildman–Crippen MR) is 88.1 cm³/mol. The normalized spacial score (nSPS) is 22.8. The summed E-state index contributed by atoms with van der Waals surface area (Å²) in [5.74, 6) is -1.03. The fraction of sp³-hybridized carbons (Fsp3) is 0.647. The summed E-state index contributed by atoms with van der Waals surface area (Å²) in [6.45, 7) is 5.19. The van der Waals surface area contributed by atoms with Gasteiger partial charge in [0.05, 0.1) is 0 Å². The van der Waals surface area contributed by atoms with Gasteiger partial charge in [0.15, 0.2) is 0 Å². The van der Waals surface area contributed by atoms with Crippen LogP contribution < -0.4 is 0 Å². The Morgan fingerprint density at radius 2 is 1.62 bits per heavy atom. The van der Waals surface area contributed by atoms with Gasteiger partial charge in [0.25, 0.3) is 0 Å². The average molecular weight is 358 g/mol. The molecular weight excluding hydrogens is 334 g/mol. The second-order valence-electron chi connectivity index (χ2n) is 6.93. The summed E-state index contributed by atoms with van der Waals surface area (Å²) in [5, 5.41) is 0. The van der Waals surface area contributed by atoms with E-state index in [2.05, 4.69) is 11.8 Å². The molecule has 24 heavy (non-hydrogen) atoms. The highest BCUT2D eigenvalue weighted by molar-refractivity contribution is 7.89. The topological polar surface area (TPSA) is 40.6 Å². The minimum absolute atomic E-state index is 0.385. The van der Waals surface area contributed by atoms with Gasteiger partial charge in [0, 0.05) is 25.2 Å². The van der Waals surface area contributed by atoms with Gasteiger partial charge >= 0.3 is 0 Å². The second-order valence-corrected chi connectivity index (χ2v) is 8.83. The van der Waals surface area contributed by atoms with Gasteiger partial charge in [-0.25, -0.2) is 17.2 Å². The van der Waals surface area contributed by atoms with Crippen LogP contribution in [0.3, 0.4) is 0 Å². The Hall–Kier alpha value is -1.05. The molecule has 1 aromatic carbocycles. The molecule has 2 aliphatic heterocycles. The molecule has 2 fully saturated rings. The fourth-order valence-electron chi connectivity index (χ4n) is 3.66. The van der Waals surface area contributed by atoms with E-state index in [4.69, 9.17) is 0 Å². The lowest BCUT2D eigenvalue weighted by Gasteiger charge is -2.41. The molecule has 0 spiro atoms. The zero-order valence-corrected chi connectivity index (χ0v) is 14.7. The maximum Gasteiger partial charge on any atom is 0.245 e. The van der Waals surface area contributed by atoms with Gasteiger partial charge < -0.3 is 4.90 Å². The Bertz CT molecular complexity index is 680. The Morgan fingerprint density at radius 3 is 2.21 bits per heavy atom. The van der Waals surface area contributed by atoms with Crippen LogP contribution in [0.5, 0.6) is 0 Å². The van der Waals surface area contributed by atoms with E-state index >= 15 is 0 Å². The Balaban J connectivity index is 1.65. The molecule has 2 heterocycles. The maximum atomic E-state index is 13.9. The minimum Gasteiger partial charge on any atom is -0.300 e. The number of hydrogen-bond donors (Lipinski definition) is 0. The molecule has 134 valence electrons. The number of benzene rings is 1. The van der Waals surface area contributed by atoms with Gasteiger partial charge in [-0.05, 0) is 56.8 Å². The lowest BCUT2D eigenvalue weighted by molar-refractivity contribution is 0.101. The predicted octanol–water partition coefficient (Wildman–Crippen LogP) is 2.85. The number of sulfonamides is 1. The second kappa shape index (κ2) is 7.06. The van der Waals surface area contributed by atoms with Crippen molar-refractivity contribution in [2.45, 2.75) is 43.5 Å². The van der Waals surface area contributed by atoms with Crippen LogP contribution in [0.25, 0.3) is 0 Å². The number of likely N-dealkylation sites (tertiary alicyclic amines) is 1. The van der Waals surface area contributed by atoms with E-state index in [0.29, 0.717) is 25.2 Å². The zero-order valence-electron chi connectivity index (χ0n) is 13.9. The first-order chi connectivity index (χ1) is 11.4. The quantitative estimate of drug-likeness (QED) is 0.834. The summed E-state index contributed by atoms with van der Waals surface area (Å²) in [4.78, 5) is 2.02. The van der Waals surface area contributed by atoms with Crippen molar-refractivity contribution in [3.05, 3.63) is 29.8 Å². The summed E-state index contributed by atoms with van der Waals surface area (Å²) in [7, 11) is -3.90. The number of nitrogens with zero attached hydrogens (tertiary/aromatic N) is 2. The standard InChI is InChI=1S/C17H24F2N2O2S/c1-13-4-8-20(9-5-13)15-6-10-21(11-7-15)24(22,23)17-3-2-14(18)12-16(17)19/h2-3,12-13,15H,4-11H2,1H3. The monoisotopic (exact) mass is 358 g/mol. The third-order valence-electron chi connectivity index (χ3n) is 5.27. The van der Waals surface area contributed by atoms with Crippen LogP contribution in [0.2, 0.25) is 0 Å². The molecular formula is C17H24F2N2O2S. The Labute approximate surface area is 142 Å². The molecule has 0 saturated carbocycles. The molecule has 0 radical (unpaired) electrons. The van der Waals surface area contributed by atoms with Gasteiger partial charge in [-0.1, -0.05) is 6.92 Å². The van der Waals surface area contributed by atoms with E-state index in [1.807, 2.05) is 0 Å². The fourth-order valence-corrected chi connectivity index (χ4v) is 5.18. The summed E-state index contributed by atoms with van der Waals surface area (Å²) in [6.07, 6.45) is 3.91. The first kappa shape index (κ1) is 17.8. The SMILES string of the molecule is CC1CCN(C2CCN(S(=O)(=O)c3ccc(F)cc3F)CC2)CC1. The lowest BCUT2D eigenvalue weighted by atomic mass is 9.95. The van der Waals surface area contributed by atoms with Gasteiger partial charge in [-0.15, -0.1) is 0 Å². The highest BCUT2D eigenvalue weighted by Gasteiger charge is 2.33. The molecule has 0 atom stereocenters. The summed E-state index contributed by atoms with van der Waals surface area (Å²) in [5.41, 5.74) is 0. The first-order valence-electron chi connectivity index (χ1n) is 8.57. The molecule has 4 nitrogen and oxygen atoms in total. The van der Waals surface area contributed by atoms with Crippen LogP contribution in [-0.4, -0.2) is 49.8 Å². The summed E-state index contributed by atoms with van der Waals surface area (Å²) in [6, 6.07) is 3.02. The van der Waals surface area contributed by atoms with Crippen molar-refractivity contribution in [1.29, 1.82) is 0 Å². The molecule has 0 unspecified atom stereocenters. The zero-order chi connectivity index (χ0) is 17.3. The molecule has 0 bridgehead atoms. The average Bonchev–Trinajstić information content (AvgIpc) is 2.55. The highest BCUT2D eigenvalue weighted by Crippen LogP contribution is 2.27. The van der Waals surface area contributed by atoms with E-state index in [1.54, 1.807) is 0 Å². The van der Waals surface area contributed by atoms with E-state index in [-0.39, 0.29) is 0 Å². The third-order valence-corrected chi connectivity index (χ3v) is 7.20. The molecule has 2 aliphatic rings. The van der Waals surface area contributed by atoms with Crippen molar-refractivity contribution < 1.29 is 17.2 Å². The van der Waals surface area contributed by atoms with Crippen LogP contribution in [0.4, 0.5) is 8.78 Å². The van der Waals surface area contributed by atoms with Crippen molar-refractivity contribution in [2.75, 3.05) is 26.2 Å². The van der Waals surface area contributed by atoms with Gasteiger partial charge in [-0.2, -0.15) is 4.31 Å². The number of piperidine rings is 2. The largest absolute Gasteiger partial charge is 0.300 e. The molecule has 0 amide bonds. The van der Waals surface area contributed by atoms with Crippen LogP contribution >= 0.6 is 0 Å². The third kappa shape index (κ3) is 3.63. The van der Waals surface area contributed by atoms with E-state index in [0.717, 1.165) is 44.0 Å². The molecule has 2 saturated heterocycles. The smallest absolute Gasteiger partial charge is 0.245 e. The van der Waals surface area contributed by atoms with Crippen LogP contribution in [0, 0.1) is 17.6 Å². The molecule has 0 aromatic heterocycles. The Kier molecular flexibility index (Phi) is 5.22. The van der Waals surface area contributed by atoms with Crippen molar-refractivity contribution in [3.8, 4) is 0 Å². The summed E-state index contributed by atoms with van der Waals surface area (Å²) >= 11 is 0. The molecule has 0 N–H and O–H groups in total. The lowest BCUT2D eigenvalue weighted by Crippen LogP contribution is -2.48. The summed E-state index contributed by atoms with van der Waals surface area (Å²) < 4.78 is 53.4. The van der Waals surface area contributed by atoms with Crippen molar-refractivity contribution >= 4 is 10.0 Å². The molecule has 1 aromatic rings. The van der Waals surface area contributed by atoms with Gasteiger partial charge in [0.1, 0.15) is 16.5 Å². The van der Waals surface area contributed by atoms with Crippen molar-refractivity contribution in [2.24, 2.45) is 5.92 Å². The van der Waals surface area contributed by atoms with Crippen LogP contribution in [-0.2, 0) is 10.0 Å². The first-order valence-corrected chi connectivity index (χ1v) is 10.0. The molecule has 3 rings (SSSR count). The van der Waals surface area contributed by atoms with Gasteiger partial charge in [0.2, 0.25) is 10.0 Å². The maximum absolute atomic E-state index is 13.9.